The lowest BCUT2D eigenvalue weighted by Gasteiger charge is -2.21. The van der Waals surface area contributed by atoms with Gasteiger partial charge in [0.25, 0.3) is 0 Å². The van der Waals surface area contributed by atoms with Crippen LogP contribution >= 0.6 is 23.6 Å². The third-order valence-corrected chi connectivity index (χ3v) is 6.26. The molecule has 0 amide bonds. The fourth-order valence-electron chi connectivity index (χ4n) is 3.48. The lowest BCUT2D eigenvalue weighted by atomic mass is 9.98. The van der Waals surface area contributed by atoms with Crippen molar-refractivity contribution in [1.29, 1.82) is 0 Å². The molecule has 140 valence electrons. The predicted octanol–water partition coefficient (Wildman–Crippen LogP) is 5.12. The second kappa shape index (κ2) is 7.78. The quantitative estimate of drug-likeness (QED) is 0.572. The Kier molecular flexibility index (Phi) is 5.22. The molecule has 7 heteroatoms. The first kappa shape index (κ1) is 18.1. The second-order valence-electron chi connectivity index (χ2n) is 6.77. The molecule has 1 N–H and O–H groups in total. The maximum atomic E-state index is 12.3. The topological polar surface area (TPSA) is 63.8 Å². The molecule has 0 unspecified atom stereocenters. The summed E-state index contributed by atoms with van der Waals surface area (Å²) in [5.74, 6) is -0.353. The van der Waals surface area contributed by atoms with Crippen LogP contribution in [-0.4, -0.2) is 28.0 Å². The maximum absolute atomic E-state index is 12.3. The average molecular weight is 401 g/mol. The highest BCUT2D eigenvalue weighted by atomic mass is 32.1. The molecular weight excluding hydrogens is 380 g/mol. The summed E-state index contributed by atoms with van der Waals surface area (Å²) in [4.78, 5) is 17.3. The van der Waals surface area contributed by atoms with Crippen molar-refractivity contribution in [3.63, 3.8) is 0 Å². The lowest BCUT2D eigenvalue weighted by Crippen LogP contribution is -2.23. The van der Waals surface area contributed by atoms with Crippen LogP contribution in [-0.2, 0) is 16.1 Å². The number of allylic oxidation sites excluding steroid dienone is 1. The van der Waals surface area contributed by atoms with Gasteiger partial charge in [0, 0.05) is 17.4 Å². The third-order valence-electron chi connectivity index (χ3n) is 4.88. The van der Waals surface area contributed by atoms with Crippen molar-refractivity contribution in [1.82, 2.24) is 4.57 Å². The number of ether oxygens (including phenoxy) is 1. The zero-order valence-corrected chi connectivity index (χ0v) is 16.4. The second-order valence-corrected chi connectivity index (χ2v) is 8.44. The van der Waals surface area contributed by atoms with E-state index in [1.54, 1.807) is 6.21 Å². The molecular formula is C20H20N2O3S2. The van der Waals surface area contributed by atoms with E-state index in [4.69, 9.17) is 17.0 Å². The lowest BCUT2D eigenvalue weighted by molar-refractivity contribution is -0.151. The molecule has 2 aliphatic rings. The zero-order chi connectivity index (χ0) is 18.8. The summed E-state index contributed by atoms with van der Waals surface area (Å²) in [6.07, 6.45) is 8.86. The first-order chi connectivity index (χ1) is 13.1. The minimum atomic E-state index is -0.349. The number of rotatable bonds is 4. The number of hydrogen-bond donors (Lipinski definition) is 1. The maximum Gasteiger partial charge on any atom is 0.326 e. The Morgan fingerprint density at radius 3 is 2.93 bits per heavy atom. The predicted molar refractivity (Wildman–Crippen MR) is 110 cm³/mol. The summed E-state index contributed by atoms with van der Waals surface area (Å²) >= 11 is 6.63. The van der Waals surface area contributed by atoms with Crippen LogP contribution in [0.25, 0.3) is 11.6 Å². The van der Waals surface area contributed by atoms with E-state index in [1.807, 2.05) is 30.3 Å². The summed E-state index contributed by atoms with van der Waals surface area (Å²) in [6, 6.07) is 7.83. The van der Waals surface area contributed by atoms with Gasteiger partial charge in [-0.15, -0.1) is 11.3 Å². The Morgan fingerprint density at radius 1 is 1.33 bits per heavy atom. The Bertz CT molecular complexity index is 981. The Balaban J connectivity index is 1.52. The Labute approximate surface area is 166 Å². The summed E-state index contributed by atoms with van der Waals surface area (Å²) in [6.45, 7) is -0.0640. The molecule has 0 bridgehead atoms. The van der Waals surface area contributed by atoms with E-state index in [1.165, 1.54) is 22.3 Å². The van der Waals surface area contributed by atoms with Gasteiger partial charge in [0.2, 0.25) is 5.88 Å². The molecule has 1 aliphatic carbocycles. The van der Waals surface area contributed by atoms with Crippen molar-refractivity contribution in [2.75, 3.05) is 0 Å². The highest BCUT2D eigenvalue weighted by Gasteiger charge is 2.20. The van der Waals surface area contributed by atoms with Crippen LogP contribution in [0.2, 0.25) is 0 Å². The highest BCUT2D eigenvalue weighted by molar-refractivity contribution is 7.73. The summed E-state index contributed by atoms with van der Waals surface area (Å²) in [5.41, 5.74) is 2.83. The van der Waals surface area contributed by atoms with Crippen molar-refractivity contribution in [2.45, 2.75) is 44.8 Å². The van der Waals surface area contributed by atoms with E-state index < -0.39 is 0 Å². The molecule has 1 aromatic carbocycles. The van der Waals surface area contributed by atoms with Gasteiger partial charge in [-0.3, -0.25) is 14.4 Å². The van der Waals surface area contributed by atoms with Gasteiger partial charge in [-0.1, -0.05) is 24.6 Å². The third kappa shape index (κ3) is 3.89. The first-order valence-corrected chi connectivity index (χ1v) is 10.3. The molecule has 1 fully saturated rings. The number of aromatic hydroxyl groups is 1. The van der Waals surface area contributed by atoms with E-state index >= 15 is 0 Å². The normalized spacial score (nSPS) is 18.0. The molecule has 2 aromatic rings. The molecule has 1 aliphatic heterocycles. The molecule has 5 nitrogen and oxygen atoms in total. The van der Waals surface area contributed by atoms with Gasteiger partial charge in [-0.25, -0.2) is 0 Å². The fraction of sp³-hybridized carbons (Fsp3) is 0.350. The van der Waals surface area contributed by atoms with E-state index in [2.05, 4.69) is 4.99 Å². The number of benzene rings is 1. The highest BCUT2D eigenvalue weighted by Crippen LogP contribution is 2.35. The van der Waals surface area contributed by atoms with E-state index in [0.29, 0.717) is 8.83 Å². The zero-order valence-electron chi connectivity index (χ0n) is 14.8. The number of fused-ring (bicyclic) bond motifs is 1. The number of thiazole rings is 1. The number of hydrogen-bond acceptors (Lipinski definition) is 6. The van der Waals surface area contributed by atoms with Crippen molar-refractivity contribution in [3.05, 3.63) is 38.7 Å². The van der Waals surface area contributed by atoms with Crippen molar-refractivity contribution < 1.29 is 14.6 Å². The van der Waals surface area contributed by atoms with Crippen molar-refractivity contribution >= 4 is 53.1 Å². The SMILES string of the molecule is O=C(Cn1c(O)c(/C=C2\C=Nc3ccccc32)sc1=S)OC1CCCCC1. The van der Waals surface area contributed by atoms with E-state index in [-0.39, 0.29) is 24.5 Å². The summed E-state index contributed by atoms with van der Waals surface area (Å²) in [7, 11) is 0. The molecule has 27 heavy (non-hydrogen) atoms. The van der Waals surface area contributed by atoms with Crippen LogP contribution < -0.4 is 0 Å². The van der Waals surface area contributed by atoms with Gasteiger partial charge in [-0.05, 0) is 50.0 Å². The minimum Gasteiger partial charge on any atom is -0.493 e. The van der Waals surface area contributed by atoms with Crippen LogP contribution in [0.1, 0.15) is 42.5 Å². The number of esters is 1. The van der Waals surface area contributed by atoms with Gasteiger partial charge in [-0.2, -0.15) is 0 Å². The van der Waals surface area contributed by atoms with Crippen LogP contribution in [0.3, 0.4) is 0 Å². The van der Waals surface area contributed by atoms with E-state index in [9.17, 15) is 9.90 Å². The van der Waals surface area contributed by atoms with Crippen molar-refractivity contribution in [3.8, 4) is 5.88 Å². The number of carbonyl (C=O) groups excluding carboxylic acids is 1. The largest absolute Gasteiger partial charge is 0.493 e. The van der Waals surface area contributed by atoms with Crippen LogP contribution in [0.5, 0.6) is 5.88 Å². The fourth-order valence-corrected chi connectivity index (χ4v) is 4.74. The van der Waals surface area contributed by atoms with E-state index in [0.717, 1.165) is 42.5 Å². The number of carbonyl (C=O) groups is 1. The molecule has 1 aromatic heterocycles. The minimum absolute atomic E-state index is 0.00382. The standard InChI is InChI=1S/C20H20N2O3S2/c23-18(25-14-6-2-1-3-7-14)12-22-19(24)17(27-20(22)26)10-13-11-21-16-9-5-4-8-15(13)16/h4-5,8-11,14,24H,1-3,6-7,12H2/b13-10+. The molecule has 1 saturated carbocycles. The summed E-state index contributed by atoms with van der Waals surface area (Å²) < 4.78 is 7.43. The van der Waals surface area contributed by atoms with Crippen LogP contribution in [0.4, 0.5) is 5.69 Å². The van der Waals surface area contributed by atoms with Gasteiger partial charge in [0.15, 0.2) is 3.95 Å². The molecule has 4 rings (SSSR count). The van der Waals surface area contributed by atoms with Gasteiger partial charge in [0.1, 0.15) is 12.6 Å². The van der Waals surface area contributed by atoms with Gasteiger partial charge in [0.05, 0.1) is 10.6 Å². The van der Waals surface area contributed by atoms with Crippen LogP contribution in [0, 0.1) is 3.95 Å². The smallest absolute Gasteiger partial charge is 0.326 e. The number of aromatic nitrogens is 1. The van der Waals surface area contributed by atoms with Crippen LogP contribution in [0.15, 0.2) is 29.3 Å². The molecule has 2 heterocycles. The monoisotopic (exact) mass is 400 g/mol. The molecule has 0 spiro atoms. The molecule has 0 atom stereocenters. The number of nitrogens with zero attached hydrogens (tertiary/aromatic N) is 2. The number of aliphatic imine (C=N–C) groups is 1. The van der Waals surface area contributed by atoms with Gasteiger partial charge >= 0.3 is 5.97 Å². The van der Waals surface area contributed by atoms with Crippen molar-refractivity contribution in [2.24, 2.45) is 4.99 Å². The molecule has 0 saturated heterocycles. The first-order valence-electron chi connectivity index (χ1n) is 9.09. The average Bonchev–Trinajstić information content (AvgIpc) is 3.19. The van der Waals surface area contributed by atoms with Gasteiger partial charge < -0.3 is 9.84 Å². The Hall–Kier alpha value is -2.25. The summed E-state index contributed by atoms with van der Waals surface area (Å²) in [5, 5.41) is 10.6. The number of para-hydroxylation sites is 1. The molecule has 0 radical (unpaired) electrons. The Morgan fingerprint density at radius 2 is 2.11 bits per heavy atom.